The molecule has 2 heterocycles. The Kier molecular flexibility index (Phi) is 5.32. The van der Waals surface area contributed by atoms with E-state index in [0.29, 0.717) is 10.2 Å². The second kappa shape index (κ2) is 6.56. The van der Waals surface area contributed by atoms with Crippen LogP contribution in [0.25, 0.3) is 0 Å². The van der Waals surface area contributed by atoms with Gasteiger partial charge in [0.1, 0.15) is 4.21 Å². The van der Waals surface area contributed by atoms with Crippen molar-refractivity contribution in [1.82, 2.24) is 9.62 Å². The molecule has 1 fully saturated rings. The molecule has 1 amide bonds. The van der Waals surface area contributed by atoms with E-state index in [2.05, 4.69) is 21.2 Å². The lowest BCUT2D eigenvalue weighted by atomic mass is 10.2. The molecule has 0 spiro atoms. The van der Waals surface area contributed by atoms with Crippen molar-refractivity contribution in [3.63, 3.8) is 0 Å². The lowest BCUT2D eigenvalue weighted by Crippen LogP contribution is -2.43. The third-order valence-electron chi connectivity index (χ3n) is 3.18. The van der Waals surface area contributed by atoms with Gasteiger partial charge in [0.2, 0.25) is 5.91 Å². The van der Waals surface area contributed by atoms with Crippen LogP contribution in [0.2, 0.25) is 0 Å². The number of nitrogens with one attached hydrogen (secondary N) is 1. The van der Waals surface area contributed by atoms with E-state index in [1.807, 2.05) is 0 Å². The molecule has 1 N–H and O–H groups in total. The largest absolute Gasteiger partial charge is 0.351 e. The first-order valence-electron chi connectivity index (χ1n) is 6.31. The average molecular weight is 431 g/mol. The summed E-state index contributed by atoms with van der Waals surface area (Å²) >= 11 is 4.25. The Hall–Kier alpha value is -0.490. The number of hydrogen-bond acceptors (Lipinski definition) is 6. The van der Waals surface area contributed by atoms with E-state index in [1.165, 1.54) is 13.1 Å². The van der Waals surface area contributed by atoms with Crippen LogP contribution in [0.3, 0.4) is 0 Å². The number of halogens is 1. The van der Waals surface area contributed by atoms with Gasteiger partial charge in [0.25, 0.3) is 10.0 Å². The molecule has 0 bridgehead atoms. The van der Waals surface area contributed by atoms with Crippen molar-refractivity contribution in [2.45, 2.75) is 16.7 Å². The topological polar surface area (TPSA) is 101 Å². The summed E-state index contributed by atoms with van der Waals surface area (Å²) < 4.78 is 48.9. The summed E-state index contributed by atoms with van der Waals surface area (Å²) in [6.45, 7) is -0.353. The molecule has 1 aromatic heterocycles. The minimum Gasteiger partial charge on any atom is -0.351 e. The third-order valence-corrected chi connectivity index (χ3v) is 8.84. The van der Waals surface area contributed by atoms with Gasteiger partial charge in [0, 0.05) is 13.1 Å². The predicted molar refractivity (Wildman–Crippen MR) is 87.0 cm³/mol. The summed E-state index contributed by atoms with van der Waals surface area (Å²) in [5.41, 5.74) is 0. The van der Waals surface area contributed by atoms with Gasteiger partial charge in [0.15, 0.2) is 9.84 Å². The lowest BCUT2D eigenvalue weighted by molar-refractivity contribution is -0.121. The second-order valence-corrected chi connectivity index (χ2v) is 12.0. The molecule has 0 saturated carbocycles. The minimum absolute atomic E-state index is 0.0509. The molecule has 1 aliphatic rings. The summed E-state index contributed by atoms with van der Waals surface area (Å²) in [7, 11) is -5.50. The van der Waals surface area contributed by atoms with Crippen LogP contribution in [0.4, 0.5) is 0 Å². The molecule has 1 aromatic rings. The maximum absolute atomic E-state index is 12.3. The first kappa shape index (κ1) is 17.9. The second-order valence-electron chi connectivity index (χ2n) is 4.99. The van der Waals surface area contributed by atoms with Crippen LogP contribution in [0.15, 0.2) is 20.1 Å². The van der Waals surface area contributed by atoms with Crippen molar-refractivity contribution in [1.29, 1.82) is 0 Å². The van der Waals surface area contributed by atoms with Gasteiger partial charge in [0.05, 0.1) is 21.8 Å². The number of thiophene rings is 1. The fourth-order valence-electron chi connectivity index (χ4n) is 2.06. The standard InChI is InChI=1S/C11H15BrN2O5S3/c1-14(22(18,19)11-3-2-9(12)20-11)6-10(15)13-8-4-5-21(16,17)7-8/h2-3,8H,4-7H2,1H3,(H,13,15). The number of rotatable bonds is 5. The maximum Gasteiger partial charge on any atom is 0.252 e. The molecule has 11 heteroatoms. The van der Waals surface area contributed by atoms with Gasteiger partial charge in [-0.2, -0.15) is 4.31 Å². The smallest absolute Gasteiger partial charge is 0.252 e. The van der Waals surface area contributed by atoms with E-state index in [9.17, 15) is 21.6 Å². The van der Waals surface area contributed by atoms with Gasteiger partial charge in [-0.25, -0.2) is 16.8 Å². The molecule has 0 aliphatic carbocycles. The van der Waals surface area contributed by atoms with Gasteiger partial charge in [-0.3, -0.25) is 4.79 Å². The van der Waals surface area contributed by atoms with Crippen LogP contribution in [0.1, 0.15) is 6.42 Å². The monoisotopic (exact) mass is 430 g/mol. The highest BCUT2D eigenvalue weighted by atomic mass is 79.9. The van der Waals surface area contributed by atoms with E-state index in [1.54, 1.807) is 6.07 Å². The van der Waals surface area contributed by atoms with Crippen molar-refractivity contribution < 1.29 is 21.6 Å². The summed E-state index contributed by atoms with van der Waals surface area (Å²) in [5, 5.41) is 2.56. The molecular formula is C11H15BrN2O5S3. The van der Waals surface area contributed by atoms with Crippen LogP contribution >= 0.6 is 27.3 Å². The molecule has 0 radical (unpaired) electrons. The zero-order chi connectivity index (χ0) is 16.5. The Balaban J connectivity index is 1.97. The number of sulfone groups is 1. The highest BCUT2D eigenvalue weighted by Gasteiger charge is 2.30. The predicted octanol–water partition coefficient (Wildman–Crippen LogP) is 0.434. The number of nitrogens with zero attached hydrogens (tertiary/aromatic N) is 1. The quantitative estimate of drug-likeness (QED) is 0.729. The Morgan fingerprint density at radius 3 is 2.68 bits per heavy atom. The Morgan fingerprint density at radius 2 is 2.18 bits per heavy atom. The molecule has 1 atom stereocenters. The SMILES string of the molecule is CN(CC(=O)NC1CCS(=O)(=O)C1)S(=O)(=O)c1ccc(Br)s1. The van der Waals surface area contributed by atoms with Gasteiger partial charge in [-0.15, -0.1) is 11.3 Å². The van der Waals surface area contributed by atoms with Crippen molar-refractivity contribution in [2.24, 2.45) is 0 Å². The molecule has 1 saturated heterocycles. The molecule has 124 valence electrons. The van der Waals surface area contributed by atoms with Gasteiger partial charge >= 0.3 is 0 Å². The Morgan fingerprint density at radius 1 is 1.50 bits per heavy atom. The Bertz CT molecular complexity index is 771. The van der Waals surface area contributed by atoms with Gasteiger partial charge in [-0.05, 0) is 34.5 Å². The van der Waals surface area contributed by atoms with Crippen molar-refractivity contribution in [2.75, 3.05) is 25.1 Å². The maximum atomic E-state index is 12.3. The molecule has 2 rings (SSSR count). The van der Waals surface area contributed by atoms with Crippen LogP contribution in [-0.2, 0) is 24.7 Å². The highest BCUT2D eigenvalue weighted by molar-refractivity contribution is 9.11. The molecule has 7 nitrogen and oxygen atoms in total. The summed E-state index contributed by atoms with van der Waals surface area (Å²) in [5.74, 6) is -0.550. The fraction of sp³-hybridized carbons (Fsp3) is 0.545. The van der Waals surface area contributed by atoms with Gasteiger partial charge in [-0.1, -0.05) is 0 Å². The molecule has 1 aliphatic heterocycles. The summed E-state index contributed by atoms with van der Waals surface area (Å²) in [6, 6.07) is 2.64. The average Bonchev–Trinajstić information content (AvgIpc) is 2.95. The van der Waals surface area contributed by atoms with Crippen molar-refractivity contribution in [3.8, 4) is 0 Å². The van der Waals surface area contributed by atoms with E-state index < -0.39 is 31.8 Å². The minimum atomic E-state index is -3.73. The zero-order valence-electron chi connectivity index (χ0n) is 11.7. The van der Waals surface area contributed by atoms with Crippen molar-refractivity contribution in [3.05, 3.63) is 15.9 Å². The van der Waals surface area contributed by atoms with Crippen LogP contribution in [0, 0.1) is 0 Å². The third kappa shape index (κ3) is 4.28. The fourth-order valence-corrected chi connectivity index (χ4v) is 7.08. The zero-order valence-corrected chi connectivity index (χ0v) is 15.7. The lowest BCUT2D eigenvalue weighted by Gasteiger charge is -2.17. The van der Waals surface area contributed by atoms with E-state index >= 15 is 0 Å². The van der Waals surface area contributed by atoms with Crippen LogP contribution in [0.5, 0.6) is 0 Å². The van der Waals surface area contributed by atoms with Crippen LogP contribution in [-0.4, -0.2) is 58.2 Å². The number of likely N-dealkylation sites (N-methyl/N-ethyl adjacent to an activating group) is 1. The highest BCUT2D eigenvalue weighted by Crippen LogP contribution is 2.27. The number of hydrogen-bond donors (Lipinski definition) is 1. The molecule has 0 aromatic carbocycles. The van der Waals surface area contributed by atoms with Gasteiger partial charge < -0.3 is 5.32 Å². The summed E-state index contributed by atoms with van der Waals surface area (Å²) in [6.07, 6.45) is 0.364. The van der Waals surface area contributed by atoms with E-state index in [4.69, 9.17) is 0 Å². The first-order chi connectivity index (χ1) is 10.1. The first-order valence-corrected chi connectivity index (χ1v) is 11.2. The molecule has 22 heavy (non-hydrogen) atoms. The van der Waals surface area contributed by atoms with E-state index in [0.717, 1.165) is 15.6 Å². The number of carbonyl (C=O) groups excluding carboxylic acids is 1. The van der Waals surface area contributed by atoms with Crippen LogP contribution < -0.4 is 5.32 Å². The number of carbonyl (C=O) groups is 1. The summed E-state index contributed by atoms with van der Waals surface area (Å²) in [4.78, 5) is 11.9. The van der Waals surface area contributed by atoms with E-state index in [-0.39, 0.29) is 22.3 Å². The Labute approximate surface area is 141 Å². The normalized spacial score (nSPS) is 21.1. The number of sulfonamides is 1. The molecule has 1 unspecified atom stereocenters. The molecular weight excluding hydrogens is 416 g/mol. The van der Waals surface area contributed by atoms with Crippen molar-refractivity contribution >= 4 is 53.0 Å². The number of amides is 1.